The van der Waals surface area contributed by atoms with Crippen LogP contribution in [-0.4, -0.2) is 19.7 Å². The Kier molecular flexibility index (Phi) is 3.35. The number of nitrogens with one attached hydrogen (secondary N) is 1. The van der Waals surface area contributed by atoms with Gasteiger partial charge < -0.3 is 11.1 Å². The molecule has 118 valence electrons. The molecule has 0 unspecified atom stereocenters. The first-order valence-electron chi connectivity index (χ1n) is 7.56. The number of nitrogens with two attached hydrogens (primary N) is 1. The lowest BCUT2D eigenvalue weighted by Crippen LogP contribution is -1.97. The zero-order valence-electron chi connectivity index (χ0n) is 13.1. The maximum absolute atomic E-state index is 5.79. The van der Waals surface area contributed by atoms with Gasteiger partial charge in [0.1, 0.15) is 0 Å². The summed E-state index contributed by atoms with van der Waals surface area (Å²) in [5.74, 6) is 0.544. The predicted octanol–water partition coefficient (Wildman–Crippen LogP) is 3.36. The van der Waals surface area contributed by atoms with Crippen molar-refractivity contribution in [3.8, 4) is 11.1 Å². The molecule has 0 saturated carbocycles. The maximum atomic E-state index is 5.79. The Morgan fingerprint density at radius 3 is 2.75 bits per heavy atom. The van der Waals surface area contributed by atoms with E-state index in [1.165, 1.54) is 0 Å². The van der Waals surface area contributed by atoms with Gasteiger partial charge in [0.2, 0.25) is 5.95 Å². The highest BCUT2D eigenvalue weighted by Crippen LogP contribution is 2.24. The van der Waals surface area contributed by atoms with E-state index in [4.69, 9.17) is 5.73 Å². The first-order chi connectivity index (χ1) is 11.7. The van der Waals surface area contributed by atoms with E-state index in [0.29, 0.717) is 11.6 Å². The van der Waals surface area contributed by atoms with E-state index in [1.54, 1.807) is 4.68 Å². The van der Waals surface area contributed by atoms with E-state index in [2.05, 4.69) is 26.4 Å². The first-order valence-corrected chi connectivity index (χ1v) is 7.56. The van der Waals surface area contributed by atoms with Gasteiger partial charge in [-0.25, -0.2) is 9.97 Å². The van der Waals surface area contributed by atoms with Crippen molar-refractivity contribution in [2.75, 3.05) is 11.1 Å². The van der Waals surface area contributed by atoms with Crippen LogP contribution in [0.4, 0.5) is 17.3 Å². The molecule has 6 heteroatoms. The summed E-state index contributed by atoms with van der Waals surface area (Å²) in [5.41, 5.74) is 10.4. The maximum Gasteiger partial charge on any atom is 0.227 e. The Hall–Kier alpha value is -3.41. The van der Waals surface area contributed by atoms with Gasteiger partial charge in [0.15, 0.2) is 0 Å². The Balaban J connectivity index is 1.66. The Bertz CT molecular complexity index is 1020. The van der Waals surface area contributed by atoms with Gasteiger partial charge in [0.25, 0.3) is 0 Å². The van der Waals surface area contributed by atoms with Crippen LogP contribution in [0.1, 0.15) is 0 Å². The lowest BCUT2D eigenvalue weighted by Gasteiger charge is -2.07. The van der Waals surface area contributed by atoms with E-state index in [0.717, 1.165) is 27.7 Å². The second-order valence-corrected chi connectivity index (χ2v) is 5.62. The standard InChI is InChI=1S/C18H16N6/c1-24-11-14(10-21-24)12-5-6-17-13(7-12)9-20-18(23-17)22-16-4-2-3-15(19)8-16/h2-11H,19H2,1H3,(H,20,22,23). The summed E-state index contributed by atoms with van der Waals surface area (Å²) in [6.45, 7) is 0. The fourth-order valence-electron chi connectivity index (χ4n) is 2.59. The van der Waals surface area contributed by atoms with Gasteiger partial charge in [-0.3, -0.25) is 4.68 Å². The number of hydrogen-bond donors (Lipinski definition) is 2. The van der Waals surface area contributed by atoms with Crippen molar-refractivity contribution in [2.45, 2.75) is 0 Å². The molecule has 0 fully saturated rings. The summed E-state index contributed by atoms with van der Waals surface area (Å²) in [7, 11) is 1.90. The van der Waals surface area contributed by atoms with Crippen LogP contribution in [0.25, 0.3) is 22.0 Å². The summed E-state index contributed by atoms with van der Waals surface area (Å²) >= 11 is 0. The average Bonchev–Trinajstić information content (AvgIpc) is 3.01. The van der Waals surface area contributed by atoms with Gasteiger partial charge in [0, 0.05) is 41.8 Å². The van der Waals surface area contributed by atoms with E-state index in [9.17, 15) is 0 Å². The van der Waals surface area contributed by atoms with Crippen LogP contribution in [0.5, 0.6) is 0 Å². The smallest absolute Gasteiger partial charge is 0.227 e. The van der Waals surface area contributed by atoms with Crippen LogP contribution in [-0.2, 0) is 7.05 Å². The van der Waals surface area contributed by atoms with Crippen LogP contribution in [0, 0.1) is 0 Å². The zero-order valence-corrected chi connectivity index (χ0v) is 13.1. The molecule has 0 bridgehead atoms. The monoisotopic (exact) mass is 316 g/mol. The number of hydrogen-bond acceptors (Lipinski definition) is 5. The van der Waals surface area contributed by atoms with Crippen molar-refractivity contribution in [3.63, 3.8) is 0 Å². The summed E-state index contributed by atoms with van der Waals surface area (Å²) < 4.78 is 1.79. The van der Waals surface area contributed by atoms with Gasteiger partial charge in [-0.05, 0) is 35.9 Å². The molecular formula is C18H16N6. The molecule has 0 saturated heterocycles. The van der Waals surface area contributed by atoms with Crippen molar-refractivity contribution in [2.24, 2.45) is 7.05 Å². The molecule has 0 spiro atoms. The summed E-state index contributed by atoms with van der Waals surface area (Å²) in [6, 6.07) is 13.6. The lowest BCUT2D eigenvalue weighted by molar-refractivity contribution is 0.768. The van der Waals surface area contributed by atoms with Crippen molar-refractivity contribution < 1.29 is 0 Å². The molecule has 0 aliphatic heterocycles. The summed E-state index contributed by atoms with van der Waals surface area (Å²) in [5, 5.41) is 8.36. The third-order valence-electron chi connectivity index (χ3n) is 3.76. The lowest BCUT2D eigenvalue weighted by atomic mass is 10.1. The fraction of sp³-hybridized carbons (Fsp3) is 0.0556. The molecule has 2 aromatic heterocycles. The highest BCUT2D eigenvalue weighted by molar-refractivity contribution is 5.84. The number of nitrogen functional groups attached to an aromatic ring is 1. The number of fused-ring (bicyclic) bond motifs is 1. The van der Waals surface area contributed by atoms with Crippen LogP contribution < -0.4 is 11.1 Å². The minimum Gasteiger partial charge on any atom is -0.399 e. The molecule has 0 aliphatic rings. The molecule has 4 aromatic rings. The summed E-state index contributed by atoms with van der Waals surface area (Å²) in [6.07, 6.45) is 5.65. The number of aryl methyl sites for hydroxylation is 1. The van der Waals surface area contributed by atoms with Crippen LogP contribution >= 0.6 is 0 Å². The second kappa shape index (κ2) is 5.66. The number of nitrogens with zero attached hydrogens (tertiary/aromatic N) is 4. The topological polar surface area (TPSA) is 81.7 Å². The quantitative estimate of drug-likeness (QED) is 0.566. The average molecular weight is 316 g/mol. The minimum atomic E-state index is 0.544. The largest absolute Gasteiger partial charge is 0.399 e. The second-order valence-electron chi connectivity index (χ2n) is 5.62. The van der Waals surface area contributed by atoms with E-state index >= 15 is 0 Å². The highest BCUT2D eigenvalue weighted by atomic mass is 15.2. The van der Waals surface area contributed by atoms with E-state index < -0.39 is 0 Å². The zero-order chi connectivity index (χ0) is 16.5. The molecule has 4 rings (SSSR count). The van der Waals surface area contributed by atoms with Gasteiger partial charge in [-0.15, -0.1) is 0 Å². The number of anilines is 3. The SMILES string of the molecule is Cn1cc(-c2ccc3nc(Nc4cccc(N)c4)ncc3c2)cn1. The molecule has 6 nitrogen and oxygen atoms in total. The molecule has 2 heterocycles. The Labute approximate surface area is 139 Å². The van der Waals surface area contributed by atoms with Crippen molar-refractivity contribution in [1.82, 2.24) is 19.7 Å². The molecule has 24 heavy (non-hydrogen) atoms. The Morgan fingerprint density at radius 1 is 1.04 bits per heavy atom. The fourth-order valence-corrected chi connectivity index (χ4v) is 2.59. The van der Waals surface area contributed by atoms with Gasteiger partial charge in [-0.1, -0.05) is 12.1 Å². The molecule has 0 atom stereocenters. The third-order valence-corrected chi connectivity index (χ3v) is 3.76. The predicted molar refractivity (Wildman–Crippen MR) is 95.9 cm³/mol. The van der Waals surface area contributed by atoms with Crippen LogP contribution in [0.2, 0.25) is 0 Å². The van der Waals surface area contributed by atoms with Gasteiger partial charge in [0.05, 0.1) is 11.7 Å². The van der Waals surface area contributed by atoms with Crippen molar-refractivity contribution in [1.29, 1.82) is 0 Å². The molecule has 0 amide bonds. The molecule has 0 radical (unpaired) electrons. The van der Waals surface area contributed by atoms with Gasteiger partial charge >= 0.3 is 0 Å². The Morgan fingerprint density at radius 2 is 1.96 bits per heavy atom. The number of benzene rings is 2. The number of aromatic nitrogens is 4. The van der Waals surface area contributed by atoms with Crippen molar-refractivity contribution in [3.05, 3.63) is 61.1 Å². The number of rotatable bonds is 3. The first kappa shape index (κ1) is 14.2. The minimum absolute atomic E-state index is 0.544. The van der Waals surface area contributed by atoms with Crippen LogP contribution in [0.3, 0.4) is 0 Å². The highest BCUT2D eigenvalue weighted by Gasteiger charge is 2.05. The van der Waals surface area contributed by atoms with Crippen molar-refractivity contribution >= 4 is 28.2 Å². The van der Waals surface area contributed by atoms with E-state index in [-0.39, 0.29) is 0 Å². The summed E-state index contributed by atoms with van der Waals surface area (Å²) in [4.78, 5) is 8.94. The van der Waals surface area contributed by atoms with Gasteiger partial charge in [-0.2, -0.15) is 5.10 Å². The van der Waals surface area contributed by atoms with E-state index in [1.807, 2.05) is 62.0 Å². The molecule has 3 N–H and O–H groups in total. The molecular weight excluding hydrogens is 300 g/mol. The molecule has 0 aliphatic carbocycles. The third kappa shape index (κ3) is 2.77. The van der Waals surface area contributed by atoms with Crippen LogP contribution in [0.15, 0.2) is 61.1 Å². The normalized spacial score (nSPS) is 10.9. The molecule has 2 aromatic carbocycles.